The van der Waals surface area contributed by atoms with Crippen molar-refractivity contribution in [3.63, 3.8) is 0 Å². The van der Waals surface area contributed by atoms with Crippen LogP contribution in [0.1, 0.15) is 0 Å². The van der Waals surface area contributed by atoms with E-state index in [1.807, 2.05) is 0 Å². The Bertz CT molecular complexity index is 162. The number of H-pyrrole nitrogens is 2. The molecule has 0 radical (unpaired) electrons. The largest absolute Gasteiger partial charge is 2.00 e. The maximum Gasteiger partial charge on any atom is 2.00 e. The van der Waals surface area contributed by atoms with Gasteiger partial charge in [0.25, 0.3) is 0 Å². The molecule has 2 heterocycles. The van der Waals surface area contributed by atoms with Gasteiger partial charge in [0.1, 0.15) is 0 Å². The zero-order valence-electron chi connectivity index (χ0n) is 6.28. The molecule has 0 bridgehead atoms. The summed E-state index contributed by atoms with van der Waals surface area (Å²) < 4.78 is 0. The van der Waals surface area contributed by atoms with Gasteiger partial charge in [0.2, 0.25) is 0 Å². The third-order valence-electron chi connectivity index (χ3n) is 0.723. The Morgan fingerprint density at radius 1 is 0.846 bits per heavy atom. The van der Waals surface area contributed by atoms with Crippen molar-refractivity contribution in [2.45, 2.75) is 0 Å². The molecule has 0 spiro atoms. The van der Waals surface area contributed by atoms with Gasteiger partial charge < -0.3 is 53.9 Å². The van der Waals surface area contributed by atoms with Crippen LogP contribution < -0.4 is 34.0 Å². The van der Waals surface area contributed by atoms with Crippen LogP contribution in [0.3, 0.4) is 0 Å². The van der Waals surface area contributed by atoms with Crippen LogP contribution in [0, 0.1) is 12.7 Å². The molecule has 2 rings (SSSR count). The van der Waals surface area contributed by atoms with Crippen LogP contribution in [-0.4, -0.2) is 19.9 Å². The Hall–Kier alpha value is -0.126. The zero-order chi connectivity index (χ0) is 7.07. The monoisotopic (exact) mass is 350 g/mol. The molecule has 0 saturated carbocycles. The van der Waals surface area contributed by atoms with Gasteiger partial charge in [0.05, 0.1) is 0 Å². The first-order valence-corrected chi connectivity index (χ1v) is 2.71. The van der Waals surface area contributed by atoms with Crippen molar-refractivity contribution in [1.82, 2.24) is 19.9 Å². The number of imidazole rings is 2. The molecular weight excluding hydrogens is 347 g/mol. The van der Waals surface area contributed by atoms with Crippen LogP contribution in [-0.2, 0) is 16.5 Å². The quantitative estimate of drug-likeness (QED) is 0.367. The minimum Gasteiger partial charge on any atom is -1.00 e. The molecular formula is C6H6Br2N4Ni-2. The van der Waals surface area contributed by atoms with E-state index < -0.39 is 0 Å². The zero-order valence-corrected chi connectivity index (χ0v) is 10.4. The molecule has 0 fully saturated rings. The van der Waals surface area contributed by atoms with E-state index >= 15 is 0 Å². The number of aromatic nitrogens is 4. The first-order valence-electron chi connectivity index (χ1n) is 2.71. The van der Waals surface area contributed by atoms with Crippen LogP contribution in [0.15, 0.2) is 24.8 Å². The van der Waals surface area contributed by atoms with Crippen molar-refractivity contribution >= 4 is 0 Å². The summed E-state index contributed by atoms with van der Waals surface area (Å²) in [7, 11) is 0. The summed E-state index contributed by atoms with van der Waals surface area (Å²) in [4.78, 5) is 12.3. The minimum absolute atomic E-state index is 0. The second kappa shape index (κ2) is 14.4. The Kier molecular flexibility index (Phi) is 20.6. The third kappa shape index (κ3) is 11.9. The van der Waals surface area contributed by atoms with Gasteiger partial charge in [0, 0.05) is 0 Å². The fourth-order valence-corrected chi connectivity index (χ4v) is 0.373. The van der Waals surface area contributed by atoms with Gasteiger partial charge >= 0.3 is 16.5 Å². The maximum atomic E-state index is 3.54. The number of hydrogen-bond acceptors (Lipinski definition) is 2. The third-order valence-corrected chi connectivity index (χ3v) is 0.723. The second-order valence-corrected chi connectivity index (χ2v) is 1.40. The minimum atomic E-state index is 0. The first kappa shape index (κ1) is 18.6. The van der Waals surface area contributed by atoms with Crippen molar-refractivity contribution in [2.24, 2.45) is 0 Å². The van der Waals surface area contributed by atoms with Crippen molar-refractivity contribution in [3.05, 3.63) is 37.4 Å². The van der Waals surface area contributed by atoms with Crippen molar-refractivity contribution in [2.75, 3.05) is 0 Å². The van der Waals surface area contributed by atoms with E-state index in [0.29, 0.717) is 0 Å². The molecule has 4 nitrogen and oxygen atoms in total. The summed E-state index contributed by atoms with van der Waals surface area (Å²) in [6.07, 6.45) is 11.7. The van der Waals surface area contributed by atoms with Crippen molar-refractivity contribution < 1.29 is 50.5 Å². The molecule has 7 heteroatoms. The Balaban J connectivity index is -0.000000125. The molecule has 0 amide bonds. The standard InChI is InChI=1S/2C3H3N2.2BrH.Ni/c2*1-2-5-3-4-1;;;/h2*1-2H,(H,4,5);2*1H;/q2*-1;;;+2/p-2. The number of rotatable bonds is 0. The molecule has 76 valence electrons. The number of halogens is 2. The molecule has 0 aliphatic heterocycles. The molecule has 2 aromatic rings. The van der Waals surface area contributed by atoms with E-state index in [0.717, 1.165) is 0 Å². The van der Waals surface area contributed by atoms with E-state index in [1.54, 1.807) is 24.8 Å². The molecule has 0 saturated heterocycles. The van der Waals surface area contributed by atoms with Gasteiger partial charge in [-0.1, -0.05) is 0 Å². The molecule has 0 aliphatic rings. The SMILES string of the molecule is [Br-].[Br-].[Ni+2].[c-]1ncc[nH]1.[c-]1ncc[nH]1. The topological polar surface area (TPSA) is 57.4 Å². The number of hydrogen-bond donors (Lipinski definition) is 2. The van der Waals surface area contributed by atoms with Gasteiger partial charge in [-0.3, -0.25) is 0 Å². The molecule has 0 unspecified atom stereocenters. The summed E-state index contributed by atoms with van der Waals surface area (Å²) in [6, 6.07) is 0. The predicted molar refractivity (Wildman–Crippen MR) is 34.8 cm³/mol. The van der Waals surface area contributed by atoms with Crippen LogP contribution >= 0.6 is 0 Å². The van der Waals surface area contributed by atoms with Gasteiger partial charge in [-0.2, -0.15) is 0 Å². The van der Waals surface area contributed by atoms with Crippen molar-refractivity contribution in [3.8, 4) is 0 Å². The average Bonchev–Trinajstić information content (AvgIpc) is 2.67. The number of aromatic amines is 2. The molecule has 0 atom stereocenters. The van der Waals surface area contributed by atoms with E-state index in [9.17, 15) is 0 Å². The smallest absolute Gasteiger partial charge is 1.00 e. The molecule has 2 aromatic heterocycles. The van der Waals surface area contributed by atoms with E-state index in [-0.39, 0.29) is 50.5 Å². The van der Waals surface area contributed by atoms with Crippen LogP contribution in [0.2, 0.25) is 0 Å². The Labute approximate surface area is 107 Å². The fraction of sp³-hybridized carbons (Fsp3) is 0. The van der Waals surface area contributed by atoms with Gasteiger partial charge in [-0.25, -0.2) is 0 Å². The van der Waals surface area contributed by atoms with Crippen LogP contribution in [0.5, 0.6) is 0 Å². The van der Waals surface area contributed by atoms with Crippen molar-refractivity contribution in [1.29, 1.82) is 0 Å². The second-order valence-electron chi connectivity index (χ2n) is 1.40. The molecule has 2 N–H and O–H groups in total. The number of nitrogens with zero attached hydrogens (tertiary/aromatic N) is 2. The average molecular weight is 353 g/mol. The summed E-state index contributed by atoms with van der Waals surface area (Å²) in [5.74, 6) is 0. The van der Waals surface area contributed by atoms with Gasteiger partial charge in [-0.05, 0) is 12.7 Å². The summed E-state index contributed by atoms with van der Waals surface area (Å²) in [5, 5.41) is 0. The first-order chi connectivity index (χ1) is 5.00. The summed E-state index contributed by atoms with van der Waals surface area (Å²) in [5.41, 5.74) is 0. The number of nitrogens with one attached hydrogen (secondary N) is 2. The van der Waals surface area contributed by atoms with Crippen LogP contribution in [0.4, 0.5) is 0 Å². The molecule has 13 heavy (non-hydrogen) atoms. The predicted octanol–water partition coefficient (Wildman–Crippen LogP) is -5.57. The van der Waals surface area contributed by atoms with E-state index in [4.69, 9.17) is 0 Å². The van der Waals surface area contributed by atoms with Gasteiger partial charge in [-0.15, -0.1) is 24.8 Å². The Morgan fingerprint density at radius 2 is 1.23 bits per heavy atom. The van der Waals surface area contributed by atoms with E-state index in [1.165, 1.54) is 0 Å². The molecule has 0 aromatic carbocycles. The normalized spacial score (nSPS) is 6.15. The maximum absolute atomic E-state index is 3.54. The summed E-state index contributed by atoms with van der Waals surface area (Å²) in [6.45, 7) is 0. The van der Waals surface area contributed by atoms with Gasteiger partial charge in [0.15, 0.2) is 0 Å². The van der Waals surface area contributed by atoms with E-state index in [2.05, 4.69) is 32.6 Å². The fourth-order valence-electron chi connectivity index (χ4n) is 0.373. The van der Waals surface area contributed by atoms with Crippen LogP contribution in [0.25, 0.3) is 0 Å². The summed E-state index contributed by atoms with van der Waals surface area (Å²) >= 11 is 0. The molecule has 0 aliphatic carbocycles. The Morgan fingerprint density at radius 3 is 1.31 bits per heavy atom.